The highest BCUT2D eigenvalue weighted by molar-refractivity contribution is 9.50. The van der Waals surface area contributed by atoms with Crippen molar-refractivity contribution in [2.75, 3.05) is 0 Å². The Kier molecular flexibility index (Phi) is 4.32. The van der Waals surface area contributed by atoms with Gasteiger partial charge in [-0.05, 0) is 0 Å². The highest BCUT2D eigenvalue weighted by Gasteiger charge is 1.97. The summed E-state index contributed by atoms with van der Waals surface area (Å²) < 4.78 is 0. The van der Waals surface area contributed by atoms with Gasteiger partial charge in [0.2, 0.25) is 0 Å². The van der Waals surface area contributed by atoms with Gasteiger partial charge in [0, 0.05) is 0 Å². The van der Waals surface area contributed by atoms with E-state index in [-0.39, 0.29) is 0 Å². The first-order valence-electron chi connectivity index (χ1n) is 0.655. The van der Waals surface area contributed by atoms with Crippen molar-refractivity contribution in [2.24, 2.45) is 0 Å². The predicted octanol–water partition coefficient (Wildman–Crippen LogP) is 2.00. The van der Waals surface area contributed by atoms with Gasteiger partial charge in [0.15, 0.2) is 0 Å². The first-order chi connectivity index (χ1) is 1.73. The molecule has 0 aliphatic rings. The van der Waals surface area contributed by atoms with Crippen LogP contribution >= 0.6 is 38.2 Å². The van der Waals surface area contributed by atoms with Gasteiger partial charge in [-0.1, -0.05) is 0 Å². The lowest BCUT2D eigenvalue weighted by Crippen LogP contribution is -1.62. The van der Waals surface area contributed by atoms with E-state index in [1.165, 1.54) is 0 Å². The van der Waals surface area contributed by atoms with E-state index in [9.17, 15) is 0 Å². The van der Waals surface area contributed by atoms with Gasteiger partial charge < -0.3 is 0 Å². The molecule has 0 amide bonds. The van der Waals surface area contributed by atoms with Crippen LogP contribution in [0.15, 0.2) is 0 Å². The summed E-state index contributed by atoms with van der Waals surface area (Å²) in [6.45, 7) is 0. The summed E-state index contributed by atoms with van der Waals surface area (Å²) in [5.41, 5.74) is 0. The van der Waals surface area contributed by atoms with E-state index in [4.69, 9.17) is 10.0 Å². The minimum atomic E-state index is -1.04. The number of halogens is 3. The van der Waals surface area contributed by atoms with Gasteiger partial charge in [-0.15, -0.1) is 0 Å². The average molecular weight is 222 g/mol. The molecule has 0 N–H and O–H groups in total. The minimum absolute atomic E-state index is 1.04. The van der Waals surface area contributed by atoms with Crippen LogP contribution in [0.25, 0.3) is 0 Å². The monoisotopic (exact) mass is 220 g/mol. The Labute approximate surface area is 47.4 Å². The van der Waals surface area contributed by atoms with E-state index in [0.29, 0.717) is 0 Å². The van der Waals surface area contributed by atoms with E-state index in [2.05, 4.69) is 28.1 Å². The fraction of sp³-hybridized carbons (Fsp3) is 0. The Balaban J connectivity index is 2.32. The zero-order chi connectivity index (χ0) is 3.58. The molecule has 4 heteroatoms. The molecule has 4 heavy (non-hydrogen) atoms. The highest BCUT2D eigenvalue weighted by Crippen LogP contribution is 2.04. The molecule has 0 heterocycles. The topological polar surface area (TPSA) is 0 Å². The van der Waals surface area contributed by atoms with Crippen LogP contribution in [0.5, 0.6) is 0 Å². The Morgan fingerprint density at radius 1 is 1.50 bits per heavy atom. The second kappa shape index (κ2) is 2.99. The van der Waals surface area contributed by atoms with Crippen LogP contribution in [-0.2, 0) is 0 Å². The fourth-order valence-electron chi connectivity index (χ4n) is 0. The van der Waals surface area contributed by atoms with E-state index < -0.39 is 9.57 Å². The third-order valence-corrected chi connectivity index (χ3v) is 0. The Morgan fingerprint density at radius 2 is 1.50 bits per heavy atom. The Bertz CT molecular complexity index is 10.8. The van der Waals surface area contributed by atoms with Crippen molar-refractivity contribution in [1.82, 2.24) is 0 Å². The third kappa shape index (κ3) is 9.22. The Hall–Kier alpha value is 1.78. The van der Waals surface area contributed by atoms with Crippen LogP contribution in [0.2, 0.25) is 0 Å². The van der Waals surface area contributed by atoms with E-state index in [0.717, 1.165) is 0 Å². The van der Waals surface area contributed by atoms with Gasteiger partial charge >= 0.3 is 9.57 Å². The normalized spacial score (nSPS) is 6.75. The van der Waals surface area contributed by atoms with Gasteiger partial charge in [0.25, 0.3) is 0 Å². The molecule has 0 spiro atoms. The Morgan fingerprint density at radius 3 is 1.50 bits per heavy atom. The largest absolute Gasteiger partial charge is 0.575 e. The molecule has 0 aromatic rings. The average Bonchev–Trinajstić information content (AvgIpc) is 0.811. The van der Waals surface area contributed by atoms with Crippen LogP contribution in [0.4, 0.5) is 0 Å². The summed E-state index contributed by atoms with van der Waals surface area (Å²) in [6.07, 6.45) is 0. The predicted molar refractivity (Wildman–Crippen MR) is 29.5 cm³/mol. The van der Waals surface area contributed by atoms with E-state index in [1.807, 2.05) is 0 Å². The molecule has 0 fully saturated rings. The molecule has 0 bridgehead atoms. The summed E-state index contributed by atoms with van der Waals surface area (Å²) in [5, 5.41) is 0. The van der Waals surface area contributed by atoms with Gasteiger partial charge in [0.05, 0.1) is 0 Å². The summed E-state index contributed by atoms with van der Waals surface area (Å²) >= 11 is 6.18. The molecule has 0 aromatic heterocycles. The van der Waals surface area contributed by atoms with Crippen LogP contribution in [0.1, 0.15) is 0 Å². The maximum atomic E-state index is 5.25. The molecule has 0 aliphatic carbocycles. The molecule has 0 saturated carbocycles. The molecule has 0 nitrogen and oxygen atoms in total. The molecule has 0 unspecified atom stereocenters. The molecular weight excluding hydrogens is 222 g/mol. The smallest absolute Gasteiger partial charge is 0.224 e. The number of hydrogen-bond acceptors (Lipinski definition) is 0. The zero-order valence-electron chi connectivity index (χ0n) is 1.71. The lowest BCUT2D eigenvalue weighted by molar-refractivity contribution is 4.54. The van der Waals surface area contributed by atoms with Crippen molar-refractivity contribution in [3.8, 4) is 0 Å². The van der Waals surface area contributed by atoms with Crippen LogP contribution in [-0.4, -0.2) is 9.57 Å². The second-order valence-electron chi connectivity index (χ2n) is 0.247. The molecule has 0 aliphatic heterocycles. The molecule has 0 aromatic carbocycles. The quantitative estimate of drug-likeness (QED) is 0.550. The summed E-state index contributed by atoms with van der Waals surface area (Å²) in [4.78, 5) is 0. The maximum absolute atomic E-state index is 5.25. The van der Waals surface area contributed by atoms with E-state index in [1.54, 1.807) is 0 Å². The third-order valence-electron chi connectivity index (χ3n) is 0. The van der Waals surface area contributed by atoms with Crippen molar-refractivity contribution < 1.29 is 0 Å². The van der Waals surface area contributed by atoms with Gasteiger partial charge in [0.1, 0.15) is 0 Å². The van der Waals surface area contributed by atoms with Crippen LogP contribution in [0.3, 0.4) is 0 Å². The fourth-order valence-corrected chi connectivity index (χ4v) is 0. The lowest BCUT2D eigenvalue weighted by Gasteiger charge is -1.58. The molecular formula is AlBr2Cl. The van der Waals surface area contributed by atoms with Gasteiger partial charge in [-0.3, -0.25) is 0 Å². The molecule has 0 atom stereocenters. The highest BCUT2D eigenvalue weighted by atomic mass is 79.9. The van der Waals surface area contributed by atoms with Crippen molar-refractivity contribution >= 4 is 47.7 Å². The summed E-state index contributed by atoms with van der Waals surface area (Å²) in [6, 6.07) is 0. The van der Waals surface area contributed by atoms with Gasteiger partial charge in [-0.2, -0.15) is 28.1 Å². The minimum Gasteiger partial charge on any atom is -0.224 e. The van der Waals surface area contributed by atoms with Crippen molar-refractivity contribution in [3.05, 3.63) is 0 Å². The zero-order valence-corrected chi connectivity index (χ0v) is 6.79. The van der Waals surface area contributed by atoms with E-state index >= 15 is 0 Å². The maximum Gasteiger partial charge on any atom is 0.575 e. The SMILES string of the molecule is [Cl][Al]([Br])[Br]. The first kappa shape index (κ1) is 5.78. The van der Waals surface area contributed by atoms with Crippen LogP contribution in [0, 0.1) is 0 Å². The summed E-state index contributed by atoms with van der Waals surface area (Å²) in [5.74, 6) is 0. The molecule has 0 rings (SSSR count). The van der Waals surface area contributed by atoms with Crippen LogP contribution < -0.4 is 0 Å². The summed E-state index contributed by atoms with van der Waals surface area (Å²) in [7, 11) is 4.21. The number of hydrogen-bond donors (Lipinski definition) is 0. The van der Waals surface area contributed by atoms with Crippen molar-refractivity contribution in [3.63, 3.8) is 0 Å². The standard InChI is InChI=1S/Al.2BrH.ClH/h;3*1H/q+3;;;/p-3. The molecule has 0 radical (unpaired) electrons. The lowest BCUT2D eigenvalue weighted by atomic mass is 26.8. The van der Waals surface area contributed by atoms with Gasteiger partial charge in [-0.25, -0.2) is 10.0 Å². The van der Waals surface area contributed by atoms with Crippen molar-refractivity contribution in [2.45, 2.75) is 0 Å². The number of rotatable bonds is 0. The second-order valence-corrected chi connectivity index (χ2v) is 14.4. The molecule has 24 valence electrons. The van der Waals surface area contributed by atoms with Crippen molar-refractivity contribution in [1.29, 1.82) is 0 Å². The molecule has 0 saturated heterocycles. The first-order valence-corrected chi connectivity index (χ1v) is 8.77.